The average molecular weight is 260 g/mol. The molecule has 1 N–H and O–H groups in total. The zero-order valence-electron chi connectivity index (χ0n) is 10.8. The van der Waals surface area contributed by atoms with Crippen LogP contribution in [-0.4, -0.2) is 24.2 Å². The van der Waals surface area contributed by atoms with Gasteiger partial charge < -0.3 is 4.74 Å². The van der Waals surface area contributed by atoms with Gasteiger partial charge in [-0.25, -0.2) is 10.2 Å². The third-order valence-corrected chi connectivity index (χ3v) is 2.74. The predicted octanol–water partition coefficient (Wildman–Crippen LogP) is 1.48. The van der Waals surface area contributed by atoms with Crippen molar-refractivity contribution in [2.24, 2.45) is 11.0 Å². The van der Waals surface area contributed by atoms with E-state index in [2.05, 4.69) is 10.5 Å². The molecule has 100 valence electrons. The highest BCUT2D eigenvalue weighted by Gasteiger charge is 2.29. The molecule has 0 heterocycles. The van der Waals surface area contributed by atoms with Gasteiger partial charge in [-0.1, -0.05) is 30.3 Å². The summed E-state index contributed by atoms with van der Waals surface area (Å²) < 4.78 is 4.95. The number of nitrogens with zero attached hydrogens (tertiary/aromatic N) is 1. The molecular formula is C14H16N2O3. The Labute approximate surface area is 111 Å². The molecule has 1 aromatic carbocycles. The number of hydrazone groups is 1. The van der Waals surface area contributed by atoms with Crippen molar-refractivity contribution in [3.63, 3.8) is 0 Å². The van der Waals surface area contributed by atoms with E-state index in [0.29, 0.717) is 5.56 Å². The number of hydrogen-bond donors (Lipinski definition) is 1. The summed E-state index contributed by atoms with van der Waals surface area (Å²) in [4.78, 5) is 23.4. The van der Waals surface area contributed by atoms with Crippen molar-refractivity contribution in [1.29, 1.82) is 0 Å². The van der Waals surface area contributed by atoms with E-state index in [4.69, 9.17) is 4.74 Å². The highest BCUT2D eigenvalue weighted by Crippen LogP contribution is 2.28. The van der Waals surface area contributed by atoms with Gasteiger partial charge >= 0.3 is 5.97 Å². The van der Waals surface area contributed by atoms with Gasteiger partial charge in [-0.05, 0) is 19.8 Å². The smallest absolute Gasteiger partial charge is 0.359 e. The van der Waals surface area contributed by atoms with Crippen LogP contribution in [0, 0.1) is 5.92 Å². The average Bonchev–Trinajstić information content (AvgIpc) is 3.24. The summed E-state index contributed by atoms with van der Waals surface area (Å²) >= 11 is 0. The number of benzene rings is 1. The van der Waals surface area contributed by atoms with Gasteiger partial charge in [-0.3, -0.25) is 4.79 Å². The summed E-state index contributed by atoms with van der Waals surface area (Å²) in [6, 6.07) is 8.94. The van der Waals surface area contributed by atoms with Crippen LogP contribution >= 0.6 is 0 Å². The molecule has 1 fully saturated rings. The van der Waals surface area contributed by atoms with Gasteiger partial charge in [-0.15, -0.1) is 0 Å². The molecule has 0 unspecified atom stereocenters. The highest BCUT2D eigenvalue weighted by molar-refractivity contribution is 6.43. The van der Waals surface area contributed by atoms with Crippen LogP contribution in [0.1, 0.15) is 25.3 Å². The van der Waals surface area contributed by atoms with E-state index in [9.17, 15) is 9.59 Å². The summed E-state index contributed by atoms with van der Waals surface area (Å²) in [5.74, 6) is -0.634. The maximum atomic E-state index is 11.8. The SMILES string of the molecule is CCOC(=O)C(=NNC(=O)C1CC1)c1ccccc1. The molecule has 0 aliphatic heterocycles. The first-order chi connectivity index (χ1) is 9.22. The van der Waals surface area contributed by atoms with E-state index in [1.54, 1.807) is 31.2 Å². The molecule has 2 rings (SSSR count). The first kappa shape index (κ1) is 13.3. The zero-order valence-corrected chi connectivity index (χ0v) is 10.8. The van der Waals surface area contributed by atoms with E-state index in [1.165, 1.54) is 0 Å². The van der Waals surface area contributed by atoms with Crippen molar-refractivity contribution in [2.75, 3.05) is 6.61 Å². The van der Waals surface area contributed by atoms with E-state index >= 15 is 0 Å². The number of carbonyl (C=O) groups excluding carboxylic acids is 2. The minimum Gasteiger partial charge on any atom is -0.461 e. The Morgan fingerprint density at radius 3 is 2.58 bits per heavy atom. The van der Waals surface area contributed by atoms with E-state index in [-0.39, 0.29) is 24.1 Å². The second-order valence-corrected chi connectivity index (χ2v) is 4.30. The maximum Gasteiger partial charge on any atom is 0.359 e. The van der Waals surface area contributed by atoms with Crippen LogP contribution in [0.15, 0.2) is 35.4 Å². The lowest BCUT2D eigenvalue weighted by Gasteiger charge is -2.06. The number of esters is 1. The standard InChI is InChI=1S/C14H16N2O3/c1-2-19-14(18)12(10-6-4-3-5-7-10)15-16-13(17)11-8-9-11/h3-7,11H,2,8-9H2,1H3,(H,16,17). The summed E-state index contributed by atoms with van der Waals surface area (Å²) in [5, 5.41) is 3.92. The molecule has 0 spiro atoms. The number of nitrogens with one attached hydrogen (secondary N) is 1. The van der Waals surface area contributed by atoms with Crippen LogP contribution in [0.3, 0.4) is 0 Å². The van der Waals surface area contributed by atoms with Crippen molar-refractivity contribution in [2.45, 2.75) is 19.8 Å². The maximum absolute atomic E-state index is 11.8. The van der Waals surface area contributed by atoms with Crippen LogP contribution in [0.4, 0.5) is 0 Å². The first-order valence-electron chi connectivity index (χ1n) is 6.32. The van der Waals surface area contributed by atoms with Crippen molar-refractivity contribution < 1.29 is 14.3 Å². The summed E-state index contributed by atoms with van der Waals surface area (Å²) in [5.41, 5.74) is 3.17. The van der Waals surface area contributed by atoms with Crippen LogP contribution in [0.2, 0.25) is 0 Å². The molecule has 19 heavy (non-hydrogen) atoms. The zero-order chi connectivity index (χ0) is 13.7. The van der Waals surface area contributed by atoms with Gasteiger partial charge in [0.1, 0.15) is 0 Å². The van der Waals surface area contributed by atoms with Gasteiger partial charge in [0.25, 0.3) is 0 Å². The number of rotatable bonds is 5. The Kier molecular flexibility index (Phi) is 4.28. The van der Waals surface area contributed by atoms with Crippen molar-refractivity contribution in [3.8, 4) is 0 Å². The molecule has 1 saturated carbocycles. The summed E-state index contributed by atoms with van der Waals surface area (Å²) in [7, 11) is 0. The fourth-order valence-electron chi connectivity index (χ4n) is 1.57. The van der Waals surface area contributed by atoms with Crippen LogP contribution in [0.5, 0.6) is 0 Å². The van der Waals surface area contributed by atoms with Gasteiger partial charge in [0.05, 0.1) is 6.61 Å². The Hall–Kier alpha value is -2.17. The number of carbonyl (C=O) groups is 2. The summed E-state index contributed by atoms with van der Waals surface area (Å²) in [6.07, 6.45) is 1.78. The number of ether oxygens (including phenoxy) is 1. The summed E-state index contributed by atoms with van der Waals surface area (Å²) in [6.45, 7) is 1.99. The Bertz CT molecular complexity index is 493. The van der Waals surface area contributed by atoms with Gasteiger partial charge in [-0.2, -0.15) is 5.10 Å². The van der Waals surface area contributed by atoms with E-state index in [0.717, 1.165) is 12.8 Å². The monoisotopic (exact) mass is 260 g/mol. The first-order valence-corrected chi connectivity index (χ1v) is 6.32. The molecule has 1 aliphatic carbocycles. The van der Waals surface area contributed by atoms with Gasteiger partial charge in [0, 0.05) is 11.5 Å². The number of amides is 1. The second-order valence-electron chi connectivity index (χ2n) is 4.30. The molecule has 1 aliphatic rings. The molecule has 1 aromatic rings. The van der Waals surface area contributed by atoms with Crippen molar-refractivity contribution >= 4 is 17.6 Å². The fraction of sp³-hybridized carbons (Fsp3) is 0.357. The molecule has 0 saturated heterocycles. The molecule has 0 bridgehead atoms. The molecule has 5 nitrogen and oxygen atoms in total. The van der Waals surface area contributed by atoms with Crippen molar-refractivity contribution in [1.82, 2.24) is 5.43 Å². The van der Waals surface area contributed by atoms with Crippen LogP contribution in [0.25, 0.3) is 0 Å². The largest absolute Gasteiger partial charge is 0.461 e. The lowest BCUT2D eigenvalue weighted by Crippen LogP contribution is -2.26. The number of hydrogen-bond acceptors (Lipinski definition) is 4. The van der Waals surface area contributed by atoms with Crippen LogP contribution < -0.4 is 5.43 Å². The minimum atomic E-state index is -0.537. The van der Waals surface area contributed by atoms with Gasteiger partial charge in [0.2, 0.25) is 5.91 Å². The molecular weight excluding hydrogens is 244 g/mol. The third-order valence-electron chi connectivity index (χ3n) is 2.74. The Balaban J connectivity index is 2.15. The van der Waals surface area contributed by atoms with Crippen molar-refractivity contribution in [3.05, 3.63) is 35.9 Å². The Morgan fingerprint density at radius 1 is 1.32 bits per heavy atom. The lowest BCUT2D eigenvalue weighted by atomic mass is 10.1. The molecule has 0 atom stereocenters. The van der Waals surface area contributed by atoms with E-state index in [1.807, 2.05) is 6.07 Å². The lowest BCUT2D eigenvalue weighted by molar-refractivity contribution is -0.134. The molecule has 0 radical (unpaired) electrons. The second kappa shape index (κ2) is 6.13. The normalized spacial score (nSPS) is 14.9. The topological polar surface area (TPSA) is 67.8 Å². The molecule has 1 amide bonds. The minimum absolute atomic E-state index is 0.0444. The third kappa shape index (κ3) is 3.64. The predicted molar refractivity (Wildman–Crippen MR) is 70.5 cm³/mol. The van der Waals surface area contributed by atoms with E-state index < -0.39 is 5.97 Å². The fourth-order valence-corrected chi connectivity index (χ4v) is 1.57. The Morgan fingerprint density at radius 2 is 2.00 bits per heavy atom. The van der Waals surface area contributed by atoms with Crippen LogP contribution in [-0.2, 0) is 14.3 Å². The highest BCUT2D eigenvalue weighted by atomic mass is 16.5. The molecule has 0 aromatic heterocycles. The van der Waals surface area contributed by atoms with Gasteiger partial charge in [0.15, 0.2) is 5.71 Å². The quantitative estimate of drug-likeness (QED) is 0.495. The molecule has 5 heteroatoms.